The maximum atomic E-state index is 11.4. The summed E-state index contributed by atoms with van der Waals surface area (Å²) in [4.78, 5) is 23.7. The SMILES string of the molecule is O=C(O)C1COC(=O)N1C1CCSCC1. The first-order valence-corrected chi connectivity index (χ1v) is 6.11. The summed E-state index contributed by atoms with van der Waals surface area (Å²) in [5, 5.41) is 8.95. The van der Waals surface area contributed by atoms with Crippen LogP contribution in [-0.2, 0) is 9.53 Å². The number of hydrogen-bond donors (Lipinski definition) is 1. The molecular formula is C9H13NO4S. The summed E-state index contributed by atoms with van der Waals surface area (Å²) in [5.74, 6) is 1.00. The van der Waals surface area contributed by atoms with Crippen LogP contribution < -0.4 is 0 Å². The average molecular weight is 231 g/mol. The molecular weight excluding hydrogens is 218 g/mol. The van der Waals surface area contributed by atoms with Gasteiger partial charge >= 0.3 is 12.1 Å². The summed E-state index contributed by atoms with van der Waals surface area (Å²) in [7, 11) is 0. The molecule has 15 heavy (non-hydrogen) atoms. The summed E-state index contributed by atoms with van der Waals surface area (Å²) >= 11 is 1.84. The van der Waals surface area contributed by atoms with Crippen molar-refractivity contribution < 1.29 is 19.4 Å². The number of ether oxygens (including phenoxy) is 1. The lowest BCUT2D eigenvalue weighted by Crippen LogP contribution is -2.47. The van der Waals surface area contributed by atoms with Crippen LogP contribution in [0.1, 0.15) is 12.8 Å². The van der Waals surface area contributed by atoms with Gasteiger partial charge in [0.05, 0.1) is 0 Å². The minimum absolute atomic E-state index is 0.0161. The summed E-state index contributed by atoms with van der Waals surface area (Å²) in [5.41, 5.74) is 0. The van der Waals surface area contributed by atoms with Crippen molar-refractivity contribution in [2.24, 2.45) is 0 Å². The Kier molecular flexibility index (Phi) is 3.04. The van der Waals surface area contributed by atoms with Crippen LogP contribution in [0.25, 0.3) is 0 Å². The second-order valence-electron chi connectivity index (χ2n) is 3.68. The molecule has 0 aromatic heterocycles. The van der Waals surface area contributed by atoms with E-state index < -0.39 is 18.1 Å². The van der Waals surface area contributed by atoms with Crippen molar-refractivity contribution >= 4 is 23.8 Å². The van der Waals surface area contributed by atoms with Crippen LogP contribution in [0, 0.1) is 0 Å². The highest BCUT2D eigenvalue weighted by Crippen LogP contribution is 2.26. The number of carbonyl (C=O) groups is 2. The third kappa shape index (κ3) is 2.04. The maximum absolute atomic E-state index is 11.4. The van der Waals surface area contributed by atoms with Crippen molar-refractivity contribution in [3.63, 3.8) is 0 Å². The lowest BCUT2D eigenvalue weighted by Gasteiger charge is -2.31. The Morgan fingerprint density at radius 1 is 1.47 bits per heavy atom. The molecule has 0 bridgehead atoms. The third-order valence-corrected chi connectivity index (χ3v) is 3.83. The van der Waals surface area contributed by atoms with Crippen LogP contribution in [-0.4, -0.2) is 52.3 Å². The van der Waals surface area contributed by atoms with Gasteiger partial charge in [-0.1, -0.05) is 0 Å². The Morgan fingerprint density at radius 2 is 2.13 bits per heavy atom. The monoisotopic (exact) mass is 231 g/mol. The number of carbonyl (C=O) groups excluding carboxylic acids is 1. The Morgan fingerprint density at radius 3 is 2.73 bits per heavy atom. The number of aliphatic carboxylic acids is 1. The largest absolute Gasteiger partial charge is 0.480 e. The molecule has 2 aliphatic rings. The number of carboxylic acid groups (broad SMARTS) is 1. The van der Waals surface area contributed by atoms with Gasteiger partial charge in [0.15, 0.2) is 6.04 Å². The van der Waals surface area contributed by atoms with Crippen LogP contribution in [0.4, 0.5) is 4.79 Å². The highest BCUT2D eigenvalue weighted by molar-refractivity contribution is 7.99. The van der Waals surface area contributed by atoms with Gasteiger partial charge in [-0.3, -0.25) is 4.90 Å². The fourth-order valence-corrected chi connectivity index (χ4v) is 3.07. The normalized spacial score (nSPS) is 27.9. The molecule has 1 amide bonds. The molecule has 0 aromatic carbocycles. The van der Waals surface area contributed by atoms with E-state index in [1.165, 1.54) is 4.90 Å². The van der Waals surface area contributed by atoms with Gasteiger partial charge in [-0.15, -0.1) is 0 Å². The number of cyclic esters (lactones) is 1. The summed E-state index contributed by atoms with van der Waals surface area (Å²) in [6.07, 6.45) is 1.26. The number of amides is 1. The molecule has 0 spiro atoms. The average Bonchev–Trinajstić information content (AvgIpc) is 2.61. The molecule has 0 radical (unpaired) electrons. The van der Waals surface area contributed by atoms with Crippen molar-refractivity contribution in [1.29, 1.82) is 0 Å². The van der Waals surface area contributed by atoms with Gasteiger partial charge in [0.1, 0.15) is 6.61 Å². The van der Waals surface area contributed by atoms with Gasteiger partial charge in [-0.2, -0.15) is 11.8 Å². The number of carboxylic acids is 1. The molecule has 84 valence electrons. The smallest absolute Gasteiger partial charge is 0.410 e. The molecule has 0 aliphatic carbocycles. The van der Waals surface area contributed by atoms with Crippen LogP contribution in [0.2, 0.25) is 0 Å². The Labute approximate surface area is 91.8 Å². The molecule has 0 saturated carbocycles. The molecule has 2 saturated heterocycles. The number of hydrogen-bond acceptors (Lipinski definition) is 4. The minimum Gasteiger partial charge on any atom is -0.480 e. The lowest BCUT2D eigenvalue weighted by molar-refractivity contribution is -0.142. The molecule has 2 rings (SSSR count). The lowest BCUT2D eigenvalue weighted by atomic mass is 10.1. The van der Waals surface area contributed by atoms with Crippen LogP contribution >= 0.6 is 11.8 Å². The first-order chi connectivity index (χ1) is 7.20. The predicted octanol–water partition coefficient (Wildman–Crippen LogP) is 0.787. The quantitative estimate of drug-likeness (QED) is 0.761. The van der Waals surface area contributed by atoms with Gasteiger partial charge in [0.25, 0.3) is 0 Å². The van der Waals surface area contributed by atoms with Gasteiger partial charge in [0, 0.05) is 6.04 Å². The molecule has 1 N–H and O–H groups in total. The maximum Gasteiger partial charge on any atom is 0.410 e. The van der Waals surface area contributed by atoms with E-state index in [2.05, 4.69) is 0 Å². The summed E-state index contributed by atoms with van der Waals surface area (Å²) < 4.78 is 4.79. The predicted molar refractivity (Wildman–Crippen MR) is 55.0 cm³/mol. The van der Waals surface area contributed by atoms with E-state index in [9.17, 15) is 9.59 Å². The molecule has 0 aromatic rings. The number of nitrogens with zero attached hydrogens (tertiary/aromatic N) is 1. The highest BCUT2D eigenvalue weighted by Gasteiger charge is 2.42. The van der Waals surface area contributed by atoms with E-state index in [0.29, 0.717) is 0 Å². The summed E-state index contributed by atoms with van der Waals surface area (Å²) in [6.45, 7) is -0.0161. The number of thioether (sulfide) groups is 1. The fourth-order valence-electron chi connectivity index (χ4n) is 1.99. The van der Waals surface area contributed by atoms with Gasteiger partial charge < -0.3 is 9.84 Å². The second kappa shape index (κ2) is 4.30. The molecule has 2 aliphatic heterocycles. The standard InChI is InChI=1S/C9H13NO4S/c11-8(12)7-5-14-9(13)10(7)6-1-3-15-4-2-6/h6-7H,1-5H2,(H,11,12). The molecule has 2 heterocycles. The second-order valence-corrected chi connectivity index (χ2v) is 4.91. The Bertz CT molecular complexity index is 277. The zero-order valence-corrected chi connectivity index (χ0v) is 9.03. The molecule has 5 nitrogen and oxygen atoms in total. The Hall–Kier alpha value is -0.910. The van der Waals surface area contributed by atoms with Gasteiger partial charge in [-0.05, 0) is 24.3 Å². The zero-order valence-electron chi connectivity index (χ0n) is 8.22. The third-order valence-electron chi connectivity index (χ3n) is 2.78. The van der Waals surface area contributed by atoms with E-state index in [-0.39, 0.29) is 12.6 Å². The van der Waals surface area contributed by atoms with Gasteiger partial charge in [-0.25, -0.2) is 9.59 Å². The van der Waals surface area contributed by atoms with E-state index in [1.807, 2.05) is 11.8 Å². The van der Waals surface area contributed by atoms with Crippen molar-refractivity contribution in [1.82, 2.24) is 4.90 Å². The molecule has 6 heteroatoms. The highest BCUT2D eigenvalue weighted by atomic mass is 32.2. The molecule has 1 unspecified atom stereocenters. The van der Waals surface area contributed by atoms with Gasteiger partial charge in [0.2, 0.25) is 0 Å². The fraction of sp³-hybridized carbons (Fsp3) is 0.778. The topological polar surface area (TPSA) is 66.8 Å². The molecule has 2 fully saturated rings. The van der Waals surface area contributed by atoms with Crippen LogP contribution in [0.3, 0.4) is 0 Å². The first-order valence-electron chi connectivity index (χ1n) is 4.96. The van der Waals surface area contributed by atoms with Crippen LogP contribution in [0.5, 0.6) is 0 Å². The zero-order chi connectivity index (χ0) is 10.8. The number of rotatable bonds is 2. The van der Waals surface area contributed by atoms with Crippen molar-refractivity contribution in [2.45, 2.75) is 24.9 Å². The molecule has 1 atom stereocenters. The first kappa shape index (κ1) is 10.6. The summed E-state index contributed by atoms with van der Waals surface area (Å²) in [6, 6.07) is -0.743. The van der Waals surface area contributed by atoms with E-state index in [4.69, 9.17) is 9.84 Å². The van der Waals surface area contributed by atoms with Crippen molar-refractivity contribution in [2.75, 3.05) is 18.1 Å². The van der Waals surface area contributed by atoms with E-state index >= 15 is 0 Å². The van der Waals surface area contributed by atoms with Crippen LogP contribution in [0.15, 0.2) is 0 Å². The van der Waals surface area contributed by atoms with E-state index in [1.54, 1.807) is 0 Å². The van der Waals surface area contributed by atoms with E-state index in [0.717, 1.165) is 24.3 Å². The Balaban J connectivity index is 2.09. The van der Waals surface area contributed by atoms with Crippen molar-refractivity contribution in [3.05, 3.63) is 0 Å². The minimum atomic E-state index is -0.973. The van der Waals surface area contributed by atoms with Crippen molar-refractivity contribution in [3.8, 4) is 0 Å².